The highest BCUT2D eigenvalue weighted by Gasteiger charge is 2.33. The summed E-state index contributed by atoms with van der Waals surface area (Å²) in [7, 11) is -4.16. The van der Waals surface area contributed by atoms with Crippen molar-refractivity contribution in [2.24, 2.45) is 0 Å². The van der Waals surface area contributed by atoms with Crippen molar-refractivity contribution >= 4 is 14.0 Å². The topological polar surface area (TPSA) is 60.7 Å². The standard InChI is InChI=1S/C10H16O3Si/c1-6-5-10(14(11,12)13)9(4)8(3)7(6)2/h5,11-13H,1-4H3. The maximum Gasteiger partial charge on any atom is 0.529 e. The van der Waals surface area contributed by atoms with Crippen LogP contribution in [0.1, 0.15) is 22.3 Å². The quantitative estimate of drug-likeness (QED) is 0.576. The molecule has 3 nitrogen and oxygen atoms in total. The average Bonchev–Trinajstić information content (AvgIpc) is 2.06. The minimum absolute atomic E-state index is 0.290. The van der Waals surface area contributed by atoms with Crippen molar-refractivity contribution in [3.63, 3.8) is 0 Å². The van der Waals surface area contributed by atoms with Crippen molar-refractivity contribution in [2.45, 2.75) is 27.7 Å². The van der Waals surface area contributed by atoms with Crippen molar-refractivity contribution in [3.05, 3.63) is 28.3 Å². The third-order valence-electron chi connectivity index (χ3n) is 2.84. The molecule has 0 heterocycles. The van der Waals surface area contributed by atoms with Crippen LogP contribution in [0.5, 0.6) is 0 Å². The van der Waals surface area contributed by atoms with Gasteiger partial charge >= 0.3 is 8.80 Å². The van der Waals surface area contributed by atoms with Gasteiger partial charge in [0.15, 0.2) is 0 Å². The Morgan fingerprint density at radius 3 is 1.79 bits per heavy atom. The van der Waals surface area contributed by atoms with Crippen LogP contribution in [-0.4, -0.2) is 23.2 Å². The molecule has 0 amide bonds. The second-order valence-electron chi connectivity index (χ2n) is 3.75. The van der Waals surface area contributed by atoms with Crippen LogP contribution < -0.4 is 5.19 Å². The molecule has 0 aliphatic rings. The first-order valence-electron chi connectivity index (χ1n) is 4.50. The van der Waals surface area contributed by atoms with Gasteiger partial charge < -0.3 is 14.4 Å². The van der Waals surface area contributed by atoms with Gasteiger partial charge in [0.25, 0.3) is 0 Å². The summed E-state index contributed by atoms with van der Waals surface area (Å²) in [4.78, 5) is 27.8. The molecule has 0 atom stereocenters. The van der Waals surface area contributed by atoms with Gasteiger partial charge in [0.2, 0.25) is 0 Å². The van der Waals surface area contributed by atoms with Gasteiger partial charge in [-0.2, -0.15) is 0 Å². The number of aryl methyl sites for hydroxylation is 1. The highest BCUT2D eigenvalue weighted by molar-refractivity contribution is 6.72. The number of rotatable bonds is 1. The fourth-order valence-corrected chi connectivity index (χ4v) is 2.66. The third kappa shape index (κ3) is 1.88. The molecule has 3 N–H and O–H groups in total. The molecule has 1 aromatic carbocycles. The first kappa shape index (κ1) is 11.4. The highest BCUT2D eigenvalue weighted by Crippen LogP contribution is 2.15. The molecule has 0 fully saturated rings. The Kier molecular flexibility index (Phi) is 2.82. The summed E-state index contributed by atoms with van der Waals surface area (Å²) in [5.74, 6) is 0. The van der Waals surface area contributed by atoms with Crippen molar-refractivity contribution in [1.29, 1.82) is 0 Å². The number of hydrogen-bond acceptors (Lipinski definition) is 3. The zero-order chi connectivity index (χ0) is 11.1. The van der Waals surface area contributed by atoms with Gasteiger partial charge in [0.05, 0.1) is 0 Å². The van der Waals surface area contributed by atoms with Crippen LogP contribution in [0.3, 0.4) is 0 Å². The zero-order valence-corrected chi connectivity index (χ0v) is 9.92. The Morgan fingerprint density at radius 2 is 1.36 bits per heavy atom. The van der Waals surface area contributed by atoms with Gasteiger partial charge in [-0.15, -0.1) is 0 Å². The number of hydrogen-bond donors (Lipinski definition) is 3. The Morgan fingerprint density at radius 1 is 0.857 bits per heavy atom. The Bertz CT molecular complexity index is 367. The van der Waals surface area contributed by atoms with Gasteiger partial charge in [-0.05, 0) is 49.9 Å². The lowest BCUT2D eigenvalue weighted by Gasteiger charge is -2.17. The van der Waals surface area contributed by atoms with E-state index in [0.29, 0.717) is 0 Å². The van der Waals surface area contributed by atoms with E-state index in [0.717, 1.165) is 22.3 Å². The lowest BCUT2D eigenvalue weighted by molar-refractivity contribution is 0.249. The van der Waals surface area contributed by atoms with E-state index in [1.54, 1.807) is 13.0 Å². The largest absolute Gasteiger partial charge is 0.529 e. The normalized spacial score (nSPS) is 11.9. The molecular formula is C10H16O3Si. The Labute approximate surface area is 85.0 Å². The number of benzene rings is 1. The second-order valence-corrected chi connectivity index (χ2v) is 5.56. The molecular weight excluding hydrogens is 196 g/mol. The molecule has 0 aliphatic carbocycles. The minimum atomic E-state index is -4.16. The summed E-state index contributed by atoms with van der Waals surface area (Å²) in [5.41, 5.74) is 3.88. The molecule has 1 rings (SSSR count). The monoisotopic (exact) mass is 212 g/mol. The first-order valence-corrected chi connectivity index (χ1v) is 6.34. The predicted molar refractivity (Wildman–Crippen MR) is 57.4 cm³/mol. The molecule has 0 unspecified atom stereocenters. The van der Waals surface area contributed by atoms with Gasteiger partial charge in [-0.1, -0.05) is 6.07 Å². The maximum atomic E-state index is 9.26. The van der Waals surface area contributed by atoms with Gasteiger partial charge in [-0.3, -0.25) is 0 Å². The third-order valence-corrected chi connectivity index (χ3v) is 4.08. The zero-order valence-electron chi connectivity index (χ0n) is 8.92. The SMILES string of the molecule is Cc1cc([Si](O)(O)O)c(C)c(C)c1C. The van der Waals surface area contributed by atoms with E-state index < -0.39 is 8.80 Å². The first-order chi connectivity index (χ1) is 6.25. The fraction of sp³-hybridized carbons (Fsp3) is 0.400. The van der Waals surface area contributed by atoms with E-state index in [1.807, 2.05) is 20.8 Å². The van der Waals surface area contributed by atoms with Crippen molar-refractivity contribution < 1.29 is 14.4 Å². The van der Waals surface area contributed by atoms with Crippen LogP contribution in [0.4, 0.5) is 0 Å². The average molecular weight is 212 g/mol. The maximum absolute atomic E-state index is 9.26. The van der Waals surface area contributed by atoms with Gasteiger partial charge in [-0.25, -0.2) is 0 Å². The van der Waals surface area contributed by atoms with Gasteiger partial charge in [0.1, 0.15) is 0 Å². The van der Waals surface area contributed by atoms with E-state index in [2.05, 4.69) is 0 Å². The van der Waals surface area contributed by atoms with Crippen LogP contribution in [0, 0.1) is 27.7 Å². The lowest BCUT2D eigenvalue weighted by Crippen LogP contribution is -2.50. The van der Waals surface area contributed by atoms with Crippen molar-refractivity contribution in [1.82, 2.24) is 0 Å². The molecule has 1 aromatic rings. The van der Waals surface area contributed by atoms with E-state index in [1.165, 1.54) is 0 Å². The molecule has 0 radical (unpaired) electrons. The molecule has 78 valence electrons. The molecule has 0 aromatic heterocycles. The lowest BCUT2D eigenvalue weighted by atomic mass is 10.00. The van der Waals surface area contributed by atoms with Crippen LogP contribution in [0.25, 0.3) is 0 Å². The molecule has 0 saturated heterocycles. The fourth-order valence-electron chi connectivity index (χ4n) is 1.56. The minimum Gasteiger partial charge on any atom is -0.386 e. The van der Waals surface area contributed by atoms with Gasteiger partial charge in [0, 0.05) is 5.19 Å². The summed E-state index contributed by atoms with van der Waals surface area (Å²) in [6.07, 6.45) is 0. The summed E-state index contributed by atoms with van der Waals surface area (Å²) < 4.78 is 0. The summed E-state index contributed by atoms with van der Waals surface area (Å²) in [5, 5.41) is 0.290. The summed E-state index contributed by atoms with van der Waals surface area (Å²) >= 11 is 0. The molecule has 0 saturated carbocycles. The predicted octanol–water partition coefficient (Wildman–Crippen LogP) is 0.0431. The van der Waals surface area contributed by atoms with Crippen molar-refractivity contribution in [3.8, 4) is 0 Å². The van der Waals surface area contributed by atoms with Crippen LogP contribution >= 0.6 is 0 Å². The van der Waals surface area contributed by atoms with E-state index in [9.17, 15) is 14.4 Å². The van der Waals surface area contributed by atoms with E-state index in [-0.39, 0.29) is 5.19 Å². The van der Waals surface area contributed by atoms with Crippen LogP contribution in [0.2, 0.25) is 0 Å². The molecule has 0 spiro atoms. The summed E-state index contributed by atoms with van der Waals surface area (Å²) in [6, 6.07) is 1.66. The van der Waals surface area contributed by atoms with Crippen LogP contribution in [-0.2, 0) is 0 Å². The van der Waals surface area contributed by atoms with Crippen LogP contribution in [0.15, 0.2) is 6.07 Å². The summed E-state index contributed by atoms with van der Waals surface area (Å²) in [6.45, 7) is 7.59. The molecule has 14 heavy (non-hydrogen) atoms. The smallest absolute Gasteiger partial charge is 0.386 e. The Balaban J connectivity index is 3.49. The molecule has 0 bridgehead atoms. The van der Waals surface area contributed by atoms with E-state index >= 15 is 0 Å². The van der Waals surface area contributed by atoms with E-state index in [4.69, 9.17) is 0 Å². The molecule has 4 heteroatoms. The highest BCUT2D eigenvalue weighted by atomic mass is 28.4. The van der Waals surface area contributed by atoms with Crippen molar-refractivity contribution in [2.75, 3.05) is 0 Å². The molecule has 0 aliphatic heterocycles. The Hall–Kier alpha value is -0.683. The second kappa shape index (κ2) is 3.47.